The van der Waals surface area contributed by atoms with Crippen molar-refractivity contribution in [2.75, 3.05) is 27.3 Å². The van der Waals surface area contributed by atoms with Crippen LogP contribution in [0.25, 0.3) is 10.6 Å². The molecule has 1 aromatic carbocycles. The topological polar surface area (TPSA) is 80.8 Å². The molecule has 1 fully saturated rings. The van der Waals surface area contributed by atoms with Crippen LogP contribution in [-0.4, -0.2) is 55.0 Å². The van der Waals surface area contributed by atoms with Crippen LogP contribution in [0.4, 0.5) is 0 Å². The number of likely N-dealkylation sites (tertiary alicyclic amines) is 1. The number of carbonyl (C=O) groups excluding carboxylic acids is 2. The molecule has 1 saturated heterocycles. The van der Waals surface area contributed by atoms with Gasteiger partial charge in [-0.1, -0.05) is 0 Å². The quantitative estimate of drug-likeness (QED) is 0.566. The van der Waals surface area contributed by atoms with Crippen LogP contribution >= 0.6 is 22.7 Å². The Hall–Kier alpha value is -2.91. The molecule has 0 spiro atoms. The molecule has 3 aromatic rings. The third-order valence-corrected chi connectivity index (χ3v) is 7.10. The minimum Gasteiger partial charge on any atom is -0.493 e. The molecule has 3 heterocycles. The van der Waals surface area contributed by atoms with Gasteiger partial charge in [-0.25, -0.2) is 4.98 Å². The van der Waals surface area contributed by atoms with E-state index < -0.39 is 0 Å². The second-order valence-electron chi connectivity index (χ2n) is 7.53. The number of benzene rings is 1. The lowest BCUT2D eigenvalue weighted by Gasteiger charge is -2.32. The van der Waals surface area contributed by atoms with E-state index in [1.807, 2.05) is 45.3 Å². The predicted molar refractivity (Wildman–Crippen MR) is 126 cm³/mol. The van der Waals surface area contributed by atoms with Crippen LogP contribution < -0.4 is 14.8 Å². The lowest BCUT2D eigenvalue weighted by atomic mass is 10.0. The van der Waals surface area contributed by atoms with Crippen molar-refractivity contribution in [3.63, 3.8) is 0 Å². The minimum atomic E-state index is -0.0406. The first-order valence-corrected chi connectivity index (χ1v) is 12.2. The number of aromatic nitrogens is 1. The van der Waals surface area contributed by atoms with Crippen molar-refractivity contribution in [3.8, 4) is 22.1 Å². The molecule has 1 aliphatic heterocycles. The number of nitrogens with zero attached hydrogens (tertiary/aromatic N) is 2. The van der Waals surface area contributed by atoms with Crippen molar-refractivity contribution >= 4 is 34.5 Å². The molecule has 0 unspecified atom stereocenters. The number of hydrogen-bond acceptors (Lipinski definition) is 7. The second-order valence-corrected chi connectivity index (χ2v) is 9.17. The van der Waals surface area contributed by atoms with Gasteiger partial charge in [-0.2, -0.15) is 11.3 Å². The van der Waals surface area contributed by atoms with E-state index in [4.69, 9.17) is 9.47 Å². The predicted octanol–water partition coefficient (Wildman–Crippen LogP) is 3.85. The molecule has 4 rings (SSSR count). The SMILES string of the molecule is COc1ccc(-c2nc(CC(=O)N3CCC(NC(=O)c4ccsc4)CC3)cs2)cc1OC. The van der Waals surface area contributed by atoms with E-state index in [1.165, 1.54) is 22.7 Å². The standard InChI is InChI=1S/C23H25N3O4S2/c1-29-19-4-3-15(11-20(19)30-2)23-25-18(14-32-23)12-21(27)26-8-5-17(6-9-26)24-22(28)16-7-10-31-13-16/h3-4,7,10-11,13-14,17H,5-6,8-9,12H2,1-2H3,(H,24,28). The van der Waals surface area contributed by atoms with Crippen LogP contribution in [0.15, 0.2) is 40.4 Å². The highest BCUT2D eigenvalue weighted by Gasteiger charge is 2.25. The van der Waals surface area contributed by atoms with Gasteiger partial charge in [0.1, 0.15) is 5.01 Å². The number of ether oxygens (including phenoxy) is 2. The number of amides is 2. The van der Waals surface area contributed by atoms with Gasteiger partial charge >= 0.3 is 0 Å². The van der Waals surface area contributed by atoms with Gasteiger partial charge in [0.2, 0.25) is 5.91 Å². The molecule has 1 N–H and O–H groups in total. The summed E-state index contributed by atoms with van der Waals surface area (Å²) in [6.07, 6.45) is 1.79. The molecule has 0 bridgehead atoms. The minimum absolute atomic E-state index is 0.0406. The molecule has 9 heteroatoms. The van der Waals surface area contributed by atoms with Crippen LogP contribution in [0, 0.1) is 0 Å². The fourth-order valence-corrected chi connectivity index (χ4v) is 5.15. The number of piperidine rings is 1. The Bertz CT molecular complexity index is 1070. The summed E-state index contributed by atoms with van der Waals surface area (Å²) in [5.74, 6) is 1.34. The Morgan fingerprint density at radius 3 is 2.59 bits per heavy atom. The summed E-state index contributed by atoms with van der Waals surface area (Å²) in [4.78, 5) is 31.5. The second kappa shape index (κ2) is 10.1. The van der Waals surface area contributed by atoms with Crippen molar-refractivity contribution in [1.29, 1.82) is 0 Å². The Kier molecular flexibility index (Phi) is 7.06. The molecule has 0 radical (unpaired) electrons. The molecule has 2 amide bonds. The lowest BCUT2D eigenvalue weighted by Crippen LogP contribution is -2.46. The molecular weight excluding hydrogens is 446 g/mol. The number of methoxy groups -OCH3 is 2. The largest absolute Gasteiger partial charge is 0.493 e. The number of thiophene rings is 1. The Morgan fingerprint density at radius 1 is 1.12 bits per heavy atom. The van der Waals surface area contributed by atoms with E-state index in [2.05, 4.69) is 10.3 Å². The summed E-state index contributed by atoms with van der Waals surface area (Å²) in [6, 6.07) is 7.59. The van der Waals surface area contributed by atoms with Gasteiger partial charge in [0.25, 0.3) is 5.91 Å². The number of nitrogens with one attached hydrogen (secondary N) is 1. The van der Waals surface area contributed by atoms with Crippen molar-refractivity contribution in [1.82, 2.24) is 15.2 Å². The maximum atomic E-state index is 12.8. The normalized spacial score (nSPS) is 14.2. The Labute approximate surface area is 195 Å². The van der Waals surface area contributed by atoms with Crippen molar-refractivity contribution in [2.45, 2.75) is 25.3 Å². The molecule has 0 aliphatic carbocycles. The monoisotopic (exact) mass is 471 g/mol. The van der Waals surface area contributed by atoms with E-state index >= 15 is 0 Å². The van der Waals surface area contributed by atoms with E-state index in [-0.39, 0.29) is 24.3 Å². The Balaban J connectivity index is 1.31. The average molecular weight is 472 g/mol. The Morgan fingerprint density at radius 2 is 1.91 bits per heavy atom. The van der Waals surface area contributed by atoms with Crippen molar-refractivity contribution in [2.24, 2.45) is 0 Å². The van der Waals surface area contributed by atoms with Crippen LogP contribution in [0.2, 0.25) is 0 Å². The van der Waals surface area contributed by atoms with Gasteiger partial charge in [0.05, 0.1) is 26.3 Å². The molecule has 32 heavy (non-hydrogen) atoms. The zero-order chi connectivity index (χ0) is 22.5. The third-order valence-electron chi connectivity index (χ3n) is 5.48. The van der Waals surface area contributed by atoms with Crippen molar-refractivity contribution < 1.29 is 19.1 Å². The smallest absolute Gasteiger partial charge is 0.252 e. The molecular formula is C23H25N3O4S2. The molecule has 0 saturated carbocycles. The molecule has 168 valence electrons. The van der Waals surface area contributed by atoms with E-state index in [0.717, 1.165) is 29.1 Å². The van der Waals surface area contributed by atoms with Gasteiger partial charge < -0.3 is 19.7 Å². The first-order chi connectivity index (χ1) is 15.6. The molecule has 7 nitrogen and oxygen atoms in total. The zero-order valence-corrected chi connectivity index (χ0v) is 19.6. The fourth-order valence-electron chi connectivity index (χ4n) is 3.69. The highest BCUT2D eigenvalue weighted by Crippen LogP contribution is 2.33. The first-order valence-electron chi connectivity index (χ1n) is 10.3. The van der Waals surface area contributed by atoms with Crippen LogP contribution in [0.3, 0.4) is 0 Å². The fraction of sp³-hybridized carbons (Fsp3) is 0.348. The number of hydrogen-bond donors (Lipinski definition) is 1. The first kappa shape index (κ1) is 22.3. The lowest BCUT2D eigenvalue weighted by molar-refractivity contribution is -0.131. The maximum absolute atomic E-state index is 12.8. The van der Waals surface area contributed by atoms with Gasteiger partial charge in [-0.05, 0) is 42.5 Å². The summed E-state index contributed by atoms with van der Waals surface area (Å²) in [5, 5.41) is 9.57. The average Bonchev–Trinajstić information content (AvgIpc) is 3.51. The van der Waals surface area contributed by atoms with E-state index in [1.54, 1.807) is 14.2 Å². The summed E-state index contributed by atoms with van der Waals surface area (Å²) >= 11 is 3.01. The summed E-state index contributed by atoms with van der Waals surface area (Å²) in [5.41, 5.74) is 2.38. The van der Waals surface area contributed by atoms with Gasteiger partial charge in [0, 0.05) is 41.0 Å². The van der Waals surface area contributed by atoms with E-state index in [9.17, 15) is 9.59 Å². The van der Waals surface area contributed by atoms with Gasteiger partial charge in [-0.15, -0.1) is 11.3 Å². The summed E-state index contributed by atoms with van der Waals surface area (Å²) < 4.78 is 10.7. The zero-order valence-electron chi connectivity index (χ0n) is 18.0. The summed E-state index contributed by atoms with van der Waals surface area (Å²) in [6.45, 7) is 1.28. The third kappa shape index (κ3) is 5.11. The van der Waals surface area contributed by atoms with Crippen LogP contribution in [0.1, 0.15) is 28.9 Å². The highest BCUT2D eigenvalue weighted by molar-refractivity contribution is 7.13. The molecule has 1 aliphatic rings. The number of carbonyl (C=O) groups is 2. The van der Waals surface area contributed by atoms with Crippen LogP contribution in [-0.2, 0) is 11.2 Å². The van der Waals surface area contributed by atoms with E-state index in [0.29, 0.717) is 30.2 Å². The summed E-state index contributed by atoms with van der Waals surface area (Å²) in [7, 11) is 3.20. The van der Waals surface area contributed by atoms with Gasteiger partial charge in [0.15, 0.2) is 11.5 Å². The maximum Gasteiger partial charge on any atom is 0.252 e. The molecule has 0 atom stereocenters. The van der Waals surface area contributed by atoms with Crippen molar-refractivity contribution in [3.05, 3.63) is 51.7 Å². The number of thiazole rings is 1. The molecule has 2 aromatic heterocycles. The van der Waals surface area contributed by atoms with Crippen LogP contribution in [0.5, 0.6) is 11.5 Å². The highest BCUT2D eigenvalue weighted by atomic mass is 32.1. The number of rotatable bonds is 7. The van der Waals surface area contributed by atoms with Gasteiger partial charge in [-0.3, -0.25) is 9.59 Å².